The fourth-order valence-corrected chi connectivity index (χ4v) is 2.89. The molecule has 0 saturated heterocycles. The molecule has 0 saturated carbocycles. The highest BCUT2D eigenvalue weighted by molar-refractivity contribution is 7.92. The molecule has 0 aliphatic carbocycles. The lowest BCUT2D eigenvalue weighted by Gasteiger charge is -2.11. The van der Waals surface area contributed by atoms with Gasteiger partial charge in [-0.25, -0.2) is 22.0 Å². The lowest BCUT2D eigenvalue weighted by molar-refractivity contribution is 0.0696. The molecule has 0 bridgehead atoms. The van der Waals surface area contributed by atoms with Crippen LogP contribution in [-0.4, -0.2) is 19.5 Å². The minimum absolute atomic E-state index is 0.211. The summed E-state index contributed by atoms with van der Waals surface area (Å²) in [7, 11) is -4.32. The molecule has 2 rings (SSSR count). The average molecular weight is 327 g/mol. The van der Waals surface area contributed by atoms with E-state index >= 15 is 0 Å². The molecule has 2 aromatic rings. The number of benzene rings is 2. The van der Waals surface area contributed by atoms with Gasteiger partial charge >= 0.3 is 5.97 Å². The van der Waals surface area contributed by atoms with Crippen LogP contribution in [0.5, 0.6) is 0 Å². The number of nitrogens with one attached hydrogen (secondary N) is 1. The molecular formula is C14H11F2NO4S. The van der Waals surface area contributed by atoms with Crippen molar-refractivity contribution in [2.45, 2.75) is 11.8 Å². The van der Waals surface area contributed by atoms with Crippen LogP contribution < -0.4 is 4.72 Å². The first-order valence-electron chi connectivity index (χ1n) is 6.03. The third kappa shape index (κ3) is 3.06. The first-order chi connectivity index (χ1) is 10.2. The topological polar surface area (TPSA) is 83.5 Å². The average Bonchev–Trinajstić information content (AvgIpc) is 2.43. The van der Waals surface area contributed by atoms with E-state index < -0.39 is 38.2 Å². The van der Waals surface area contributed by atoms with Gasteiger partial charge in [0.1, 0.15) is 17.3 Å². The summed E-state index contributed by atoms with van der Waals surface area (Å²) in [5.74, 6) is -3.45. The molecule has 0 amide bonds. The fourth-order valence-electron chi connectivity index (χ4n) is 1.79. The van der Waals surface area contributed by atoms with Gasteiger partial charge in [0, 0.05) is 0 Å². The van der Waals surface area contributed by atoms with E-state index in [1.807, 2.05) is 0 Å². The van der Waals surface area contributed by atoms with Gasteiger partial charge in [-0.2, -0.15) is 0 Å². The van der Waals surface area contributed by atoms with Crippen LogP contribution in [-0.2, 0) is 10.0 Å². The summed E-state index contributed by atoms with van der Waals surface area (Å²) in [4.78, 5) is 10.6. The van der Waals surface area contributed by atoms with Gasteiger partial charge in [0.25, 0.3) is 10.0 Å². The van der Waals surface area contributed by atoms with Crippen molar-refractivity contribution in [2.75, 3.05) is 4.72 Å². The molecule has 0 spiro atoms. The molecule has 0 aliphatic rings. The Morgan fingerprint density at radius 1 is 1.14 bits per heavy atom. The molecule has 0 aliphatic heterocycles. The smallest absolute Gasteiger partial charge is 0.335 e. The van der Waals surface area contributed by atoms with Crippen molar-refractivity contribution in [2.24, 2.45) is 0 Å². The maximum absolute atomic E-state index is 13.5. The summed E-state index contributed by atoms with van der Waals surface area (Å²) in [6.07, 6.45) is 0. The van der Waals surface area contributed by atoms with Gasteiger partial charge < -0.3 is 5.11 Å². The lowest BCUT2D eigenvalue weighted by Crippen LogP contribution is -2.16. The second-order valence-corrected chi connectivity index (χ2v) is 6.17. The predicted octanol–water partition coefficient (Wildman–Crippen LogP) is 2.77. The molecule has 0 aromatic heterocycles. The van der Waals surface area contributed by atoms with Gasteiger partial charge in [0.15, 0.2) is 0 Å². The maximum atomic E-state index is 13.5. The van der Waals surface area contributed by atoms with Gasteiger partial charge in [-0.05, 0) is 36.8 Å². The molecular weight excluding hydrogens is 316 g/mol. The Hall–Kier alpha value is -2.48. The standard InChI is InChI=1S/C14H11F2NO4S/c1-8-5-6-9(7-10(8)14(18)19)22(20,21)17-13-11(15)3-2-4-12(13)16/h2-7,17H,1H3,(H,18,19). The first-order valence-corrected chi connectivity index (χ1v) is 7.51. The molecule has 116 valence electrons. The van der Waals surface area contributed by atoms with Crippen molar-refractivity contribution in [1.82, 2.24) is 0 Å². The summed E-state index contributed by atoms with van der Waals surface area (Å²) in [5.41, 5.74) is -0.666. The highest BCUT2D eigenvalue weighted by atomic mass is 32.2. The molecule has 8 heteroatoms. The van der Waals surface area contributed by atoms with E-state index in [1.54, 1.807) is 4.72 Å². The Bertz CT molecular complexity index is 830. The summed E-state index contributed by atoms with van der Waals surface area (Å²) in [5, 5.41) is 9.00. The van der Waals surface area contributed by atoms with E-state index in [4.69, 9.17) is 5.11 Å². The molecule has 0 atom stereocenters. The van der Waals surface area contributed by atoms with Crippen LogP contribution in [0.1, 0.15) is 15.9 Å². The number of aromatic carboxylic acids is 1. The van der Waals surface area contributed by atoms with Crippen LogP contribution in [0.4, 0.5) is 14.5 Å². The van der Waals surface area contributed by atoms with E-state index in [-0.39, 0.29) is 5.56 Å². The number of aryl methyl sites for hydroxylation is 1. The number of rotatable bonds is 4. The molecule has 0 fully saturated rings. The van der Waals surface area contributed by atoms with Crippen molar-refractivity contribution in [3.8, 4) is 0 Å². The second kappa shape index (κ2) is 5.72. The summed E-state index contributed by atoms with van der Waals surface area (Å²) >= 11 is 0. The van der Waals surface area contributed by atoms with Crippen LogP contribution in [0, 0.1) is 18.6 Å². The van der Waals surface area contributed by atoms with Crippen LogP contribution in [0.2, 0.25) is 0 Å². The monoisotopic (exact) mass is 327 g/mol. The van der Waals surface area contributed by atoms with E-state index in [0.717, 1.165) is 30.3 Å². The first kappa shape index (κ1) is 15.9. The van der Waals surface area contributed by atoms with Crippen LogP contribution in [0.25, 0.3) is 0 Å². The van der Waals surface area contributed by atoms with E-state index in [1.165, 1.54) is 13.0 Å². The Kier molecular flexibility index (Phi) is 4.14. The number of para-hydroxylation sites is 1. The van der Waals surface area contributed by atoms with Crippen molar-refractivity contribution in [1.29, 1.82) is 0 Å². The second-order valence-electron chi connectivity index (χ2n) is 4.48. The van der Waals surface area contributed by atoms with Crippen molar-refractivity contribution >= 4 is 21.7 Å². The van der Waals surface area contributed by atoms with E-state index in [2.05, 4.69) is 0 Å². The van der Waals surface area contributed by atoms with Crippen molar-refractivity contribution < 1.29 is 27.1 Å². The Labute approximate surface area is 125 Å². The highest BCUT2D eigenvalue weighted by Gasteiger charge is 2.21. The lowest BCUT2D eigenvalue weighted by atomic mass is 10.1. The van der Waals surface area contributed by atoms with Gasteiger partial charge in [-0.1, -0.05) is 12.1 Å². The Morgan fingerprint density at radius 2 is 1.73 bits per heavy atom. The maximum Gasteiger partial charge on any atom is 0.335 e. The minimum Gasteiger partial charge on any atom is -0.478 e. The molecule has 2 aromatic carbocycles. The molecule has 0 radical (unpaired) electrons. The van der Waals surface area contributed by atoms with Crippen molar-refractivity contribution in [3.05, 3.63) is 59.2 Å². The van der Waals surface area contributed by atoms with E-state index in [9.17, 15) is 22.0 Å². The van der Waals surface area contributed by atoms with Crippen LogP contribution in [0.15, 0.2) is 41.3 Å². The van der Waals surface area contributed by atoms with Gasteiger partial charge in [-0.3, -0.25) is 4.72 Å². The van der Waals surface area contributed by atoms with Gasteiger partial charge in [-0.15, -0.1) is 0 Å². The number of anilines is 1. The SMILES string of the molecule is Cc1ccc(S(=O)(=O)Nc2c(F)cccc2F)cc1C(=O)O. The summed E-state index contributed by atoms with van der Waals surface area (Å²) in [6.45, 7) is 1.50. The highest BCUT2D eigenvalue weighted by Crippen LogP contribution is 2.23. The number of hydrogen-bond acceptors (Lipinski definition) is 3. The molecule has 2 N–H and O–H groups in total. The molecule has 0 heterocycles. The number of carboxylic acid groups (broad SMARTS) is 1. The largest absolute Gasteiger partial charge is 0.478 e. The minimum atomic E-state index is -4.32. The molecule has 0 unspecified atom stereocenters. The zero-order chi connectivity index (χ0) is 16.5. The van der Waals surface area contributed by atoms with Gasteiger partial charge in [0.05, 0.1) is 10.5 Å². The number of carboxylic acids is 1. The van der Waals surface area contributed by atoms with Crippen LogP contribution in [0.3, 0.4) is 0 Å². The predicted molar refractivity (Wildman–Crippen MR) is 75.3 cm³/mol. The zero-order valence-electron chi connectivity index (χ0n) is 11.3. The number of sulfonamides is 1. The third-order valence-corrected chi connectivity index (χ3v) is 4.30. The normalized spacial score (nSPS) is 11.2. The number of hydrogen-bond donors (Lipinski definition) is 2. The number of carbonyl (C=O) groups is 1. The van der Waals surface area contributed by atoms with Crippen LogP contribution >= 0.6 is 0 Å². The van der Waals surface area contributed by atoms with Gasteiger partial charge in [0.2, 0.25) is 0 Å². The quantitative estimate of drug-likeness (QED) is 0.904. The summed E-state index contributed by atoms with van der Waals surface area (Å²) < 4.78 is 53.1. The molecule has 5 nitrogen and oxygen atoms in total. The Balaban J connectivity index is 2.48. The zero-order valence-corrected chi connectivity index (χ0v) is 12.1. The third-order valence-electron chi connectivity index (χ3n) is 2.95. The fraction of sp³-hybridized carbons (Fsp3) is 0.0714. The number of halogens is 2. The summed E-state index contributed by atoms with van der Waals surface area (Å²) in [6, 6.07) is 6.28. The van der Waals surface area contributed by atoms with E-state index in [0.29, 0.717) is 5.56 Å². The van der Waals surface area contributed by atoms with Crippen molar-refractivity contribution in [3.63, 3.8) is 0 Å². The molecule has 22 heavy (non-hydrogen) atoms. The Morgan fingerprint density at radius 3 is 2.27 bits per heavy atom.